The molecule has 0 aliphatic heterocycles. The monoisotopic (exact) mass is 323 g/mol. The van der Waals surface area contributed by atoms with Crippen LogP contribution in [-0.2, 0) is 11.2 Å². The first kappa shape index (κ1) is 16.2. The minimum Gasteiger partial charge on any atom is -0.396 e. The number of hydrogen-bond acceptors (Lipinski definition) is 3. The molecule has 1 amide bonds. The van der Waals surface area contributed by atoms with Crippen LogP contribution in [0.1, 0.15) is 23.7 Å². The van der Waals surface area contributed by atoms with Crippen LogP contribution in [0.3, 0.4) is 0 Å². The second kappa shape index (κ2) is 7.27. The normalized spacial score (nSPS) is 12.2. The first-order chi connectivity index (χ1) is 11.7. The van der Waals surface area contributed by atoms with Gasteiger partial charge in [-0.15, -0.1) is 0 Å². The molecule has 0 fully saturated rings. The third kappa shape index (κ3) is 3.31. The van der Waals surface area contributed by atoms with Crippen molar-refractivity contribution in [3.05, 3.63) is 65.9 Å². The zero-order valence-electron chi connectivity index (χ0n) is 13.6. The zero-order valence-corrected chi connectivity index (χ0v) is 13.6. The number of carbonyl (C=O) groups is 1. The van der Waals surface area contributed by atoms with Crippen molar-refractivity contribution in [1.29, 1.82) is 0 Å². The highest BCUT2D eigenvalue weighted by Gasteiger charge is 2.22. The summed E-state index contributed by atoms with van der Waals surface area (Å²) in [6.07, 6.45) is 0.766. The van der Waals surface area contributed by atoms with Crippen molar-refractivity contribution < 1.29 is 9.90 Å². The molecule has 124 valence electrons. The number of nitrogens with one attached hydrogen (secondary N) is 1. The summed E-state index contributed by atoms with van der Waals surface area (Å²) in [5.74, 6) is -0.00768. The molecule has 2 aromatic carbocycles. The first-order valence-electron chi connectivity index (χ1n) is 8.04. The molecular weight excluding hydrogens is 302 g/mol. The van der Waals surface area contributed by atoms with Crippen LogP contribution >= 0.6 is 0 Å². The number of para-hydroxylation sites is 1. The number of carbonyl (C=O) groups excluding carboxylic acids is 1. The Labute approximate surface area is 140 Å². The van der Waals surface area contributed by atoms with Gasteiger partial charge in [-0.25, -0.2) is 0 Å². The zero-order chi connectivity index (χ0) is 16.9. The summed E-state index contributed by atoms with van der Waals surface area (Å²) < 4.78 is 0. The summed E-state index contributed by atoms with van der Waals surface area (Å²) in [5.41, 5.74) is 2.70. The molecule has 5 heteroatoms. The standard InChI is InChI=1S/C19H21N3O2/c1-22(18(11-12-23)14-7-3-2-4-8-14)19(24)13-17-15-9-5-6-10-16(15)20-21-17/h2-10,18,23H,11-13H2,1H3,(H,20,21). The Morgan fingerprint density at radius 2 is 1.88 bits per heavy atom. The van der Waals surface area contributed by atoms with Crippen LogP contribution in [0.25, 0.3) is 10.9 Å². The van der Waals surface area contributed by atoms with Crippen LogP contribution < -0.4 is 0 Å². The van der Waals surface area contributed by atoms with Gasteiger partial charge in [-0.1, -0.05) is 48.5 Å². The predicted molar refractivity (Wildman–Crippen MR) is 93.5 cm³/mol. The van der Waals surface area contributed by atoms with E-state index in [9.17, 15) is 9.90 Å². The lowest BCUT2D eigenvalue weighted by molar-refractivity contribution is -0.131. The average Bonchev–Trinajstić information content (AvgIpc) is 3.03. The van der Waals surface area contributed by atoms with Crippen molar-refractivity contribution in [2.45, 2.75) is 18.9 Å². The molecule has 5 nitrogen and oxygen atoms in total. The highest BCUT2D eigenvalue weighted by atomic mass is 16.3. The fraction of sp³-hybridized carbons (Fsp3) is 0.263. The fourth-order valence-corrected chi connectivity index (χ4v) is 2.98. The lowest BCUT2D eigenvalue weighted by Gasteiger charge is -2.28. The van der Waals surface area contributed by atoms with Crippen LogP contribution in [0.4, 0.5) is 0 Å². The van der Waals surface area contributed by atoms with E-state index in [1.165, 1.54) is 0 Å². The Morgan fingerprint density at radius 1 is 1.17 bits per heavy atom. The fourth-order valence-electron chi connectivity index (χ4n) is 2.98. The van der Waals surface area contributed by atoms with E-state index in [2.05, 4.69) is 10.2 Å². The molecule has 0 saturated carbocycles. The lowest BCUT2D eigenvalue weighted by Crippen LogP contribution is -2.33. The summed E-state index contributed by atoms with van der Waals surface area (Å²) in [6, 6.07) is 17.4. The summed E-state index contributed by atoms with van der Waals surface area (Å²) in [5, 5.41) is 17.5. The van der Waals surface area contributed by atoms with Gasteiger partial charge in [-0.3, -0.25) is 9.89 Å². The number of amides is 1. The van der Waals surface area contributed by atoms with Crippen molar-refractivity contribution in [3.8, 4) is 0 Å². The smallest absolute Gasteiger partial charge is 0.228 e. The Balaban J connectivity index is 1.80. The molecule has 0 bridgehead atoms. The summed E-state index contributed by atoms with van der Waals surface area (Å²) in [6.45, 7) is 0.0319. The van der Waals surface area contributed by atoms with E-state index in [4.69, 9.17) is 0 Å². The maximum Gasteiger partial charge on any atom is 0.228 e. The molecule has 24 heavy (non-hydrogen) atoms. The van der Waals surface area contributed by atoms with E-state index in [1.54, 1.807) is 11.9 Å². The van der Waals surface area contributed by atoms with Crippen molar-refractivity contribution in [1.82, 2.24) is 15.1 Å². The highest BCUT2D eigenvalue weighted by Crippen LogP contribution is 2.24. The second-order valence-corrected chi connectivity index (χ2v) is 5.84. The summed E-state index contributed by atoms with van der Waals surface area (Å²) in [4.78, 5) is 14.4. The van der Waals surface area contributed by atoms with Gasteiger partial charge < -0.3 is 10.0 Å². The van der Waals surface area contributed by atoms with Crippen molar-refractivity contribution in [2.24, 2.45) is 0 Å². The molecule has 0 radical (unpaired) electrons. The Kier molecular flexibility index (Phi) is 4.91. The number of aromatic nitrogens is 2. The minimum atomic E-state index is -0.141. The lowest BCUT2D eigenvalue weighted by atomic mass is 10.0. The molecule has 3 aromatic rings. The number of aliphatic hydroxyl groups excluding tert-OH is 1. The Bertz CT molecular complexity index is 814. The van der Waals surface area contributed by atoms with Gasteiger partial charge in [0.05, 0.1) is 23.7 Å². The van der Waals surface area contributed by atoms with E-state index in [-0.39, 0.29) is 25.0 Å². The Hall–Kier alpha value is -2.66. The third-order valence-corrected chi connectivity index (χ3v) is 4.32. The number of nitrogens with zero attached hydrogens (tertiary/aromatic N) is 2. The van der Waals surface area contributed by atoms with Gasteiger partial charge in [0, 0.05) is 19.0 Å². The van der Waals surface area contributed by atoms with Gasteiger partial charge in [0.25, 0.3) is 0 Å². The SMILES string of the molecule is CN(C(=O)Cc1[nH]nc2ccccc12)C(CCO)c1ccccc1. The molecule has 1 unspecified atom stereocenters. The van der Waals surface area contributed by atoms with Gasteiger partial charge in [0.2, 0.25) is 5.91 Å². The van der Waals surface area contributed by atoms with Crippen LogP contribution in [0.15, 0.2) is 54.6 Å². The van der Waals surface area contributed by atoms with Gasteiger partial charge >= 0.3 is 0 Å². The number of H-pyrrole nitrogens is 1. The molecule has 0 saturated heterocycles. The molecule has 1 atom stereocenters. The molecule has 0 aliphatic carbocycles. The molecule has 1 aromatic heterocycles. The predicted octanol–water partition coefficient (Wildman–Crippen LogP) is 2.69. The van der Waals surface area contributed by atoms with Gasteiger partial charge in [-0.2, -0.15) is 5.10 Å². The van der Waals surface area contributed by atoms with E-state index in [0.29, 0.717) is 6.42 Å². The minimum absolute atomic E-state index is 0.00768. The number of fused-ring (bicyclic) bond motifs is 1. The molecule has 2 N–H and O–H groups in total. The number of aliphatic hydroxyl groups is 1. The quantitative estimate of drug-likeness (QED) is 0.733. The van der Waals surface area contributed by atoms with E-state index < -0.39 is 0 Å². The van der Waals surface area contributed by atoms with Crippen LogP contribution in [0, 0.1) is 0 Å². The van der Waals surface area contributed by atoms with Crippen molar-refractivity contribution in [2.75, 3.05) is 13.7 Å². The number of hydrogen-bond donors (Lipinski definition) is 2. The first-order valence-corrected chi connectivity index (χ1v) is 8.04. The second-order valence-electron chi connectivity index (χ2n) is 5.84. The van der Waals surface area contributed by atoms with Crippen LogP contribution in [-0.4, -0.2) is 39.8 Å². The largest absolute Gasteiger partial charge is 0.396 e. The van der Waals surface area contributed by atoms with Gasteiger partial charge in [0.15, 0.2) is 0 Å². The van der Waals surface area contributed by atoms with E-state index >= 15 is 0 Å². The molecule has 0 aliphatic rings. The maximum atomic E-state index is 12.7. The van der Waals surface area contributed by atoms with Crippen molar-refractivity contribution in [3.63, 3.8) is 0 Å². The molecule has 1 heterocycles. The molecule has 3 rings (SSSR count). The van der Waals surface area contributed by atoms with E-state index in [0.717, 1.165) is 22.2 Å². The maximum absolute atomic E-state index is 12.7. The number of benzene rings is 2. The average molecular weight is 323 g/mol. The highest BCUT2D eigenvalue weighted by molar-refractivity contribution is 5.87. The summed E-state index contributed by atoms with van der Waals surface area (Å²) in [7, 11) is 1.79. The molecular formula is C19H21N3O2. The van der Waals surface area contributed by atoms with Crippen LogP contribution in [0.5, 0.6) is 0 Å². The van der Waals surface area contributed by atoms with Crippen LogP contribution in [0.2, 0.25) is 0 Å². The molecule has 0 spiro atoms. The summed E-state index contributed by atoms with van der Waals surface area (Å²) >= 11 is 0. The number of aromatic amines is 1. The van der Waals surface area contributed by atoms with Crippen molar-refractivity contribution >= 4 is 16.8 Å². The van der Waals surface area contributed by atoms with Gasteiger partial charge in [0.1, 0.15) is 0 Å². The van der Waals surface area contributed by atoms with E-state index in [1.807, 2.05) is 54.6 Å². The Morgan fingerprint density at radius 3 is 2.62 bits per heavy atom. The third-order valence-electron chi connectivity index (χ3n) is 4.32. The number of rotatable bonds is 6. The topological polar surface area (TPSA) is 69.2 Å². The van der Waals surface area contributed by atoms with Gasteiger partial charge in [-0.05, 0) is 18.1 Å². The number of likely N-dealkylation sites (N-methyl/N-ethyl adjacent to an activating group) is 1.